The average Bonchev–Trinajstić information content (AvgIpc) is 3.04. The minimum Gasteiger partial charge on any atom is -0.348 e. The van der Waals surface area contributed by atoms with Crippen molar-refractivity contribution in [3.8, 4) is 0 Å². The number of H-pyrrole nitrogens is 1. The second-order valence-electron chi connectivity index (χ2n) is 7.04. The van der Waals surface area contributed by atoms with Gasteiger partial charge in [-0.1, -0.05) is 56.3 Å². The summed E-state index contributed by atoms with van der Waals surface area (Å²) in [6, 6.07) is 15.3. The molecule has 1 amide bonds. The zero-order valence-electron chi connectivity index (χ0n) is 15.5. The zero-order chi connectivity index (χ0) is 18.7. The van der Waals surface area contributed by atoms with E-state index in [4.69, 9.17) is 5.73 Å². The standard InChI is InChI=1S/C21H26N4O/c1-13(2)15-8-4-5-9-16(15)14(3)23-21(26)18(22)12-20-17-10-6-7-11-19(17)24-25-20/h4-11,13-14,18H,12,22H2,1-3H3,(H,23,26)(H,24,25). The maximum atomic E-state index is 12.6. The molecule has 0 aliphatic rings. The van der Waals surface area contributed by atoms with E-state index in [0.717, 1.165) is 22.2 Å². The van der Waals surface area contributed by atoms with Crippen molar-refractivity contribution < 1.29 is 4.79 Å². The number of nitrogens with one attached hydrogen (secondary N) is 2. The van der Waals surface area contributed by atoms with E-state index in [-0.39, 0.29) is 11.9 Å². The Hall–Kier alpha value is -2.66. The Morgan fingerprint density at radius 3 is 2.46 bits per heavy atom. The monoisotopic (exact) mass is 350 g/mol. The van der Waals surface area contributed by atoms with Crippen molar-refractivity contribution in [1.29, 1.82) is 0 Å². The van der Waals surface area contributed by atoms with Gasteiger partial charge in [-0.15, -0.1) is 0 Å². The van der Waals surface area contributed by atoms with Crippen LogP contribution in [0.1, 0.15) is 49.6 Å². The van der Waals surface area contributed by atoms with E-state index in [9.17, 15) is 4.79 Å². The lowest BCUT2D eigenvalue weighted by Crippen LogP contribution is -2.43. The van der Waals surface area contributed by atoms with E-state index in [1.807, 2.05) is 43.3 Å². The van der Waals surface area contributed by atoms with Gasteiger partial charge in [0.15, 0.2) is 0 Å². The van der Waals surface area contributed by atoms with Crippen LogP contribution in [0.4, 0.5) is 0 Å². The summed E-state index contributed by atoms with van der Waals surface area (Å²) >= 11 is 0. The summed E-state index contributed by atoms with van der Waals surface area (Å²) < 4.78 is 0. The molecule has 3 rings (SSSR count). The van der Waals surface area contributed by atoms with Crippen LogP contribution in [0.2, 0.25) is 0 Å². The molecular formula is C21H26N4O. The third-order valence-electron chi connectivity index (χ3n) is 4.74. The van der Waals surface area contributed by atoms with E-state index in [2.05, 4.69) is 41.5 Å². The predicted octanol–water partition coefficient (Wildman–Crippen LogP) is 3.43. The van der Waals surface area contributed by atoms with Gasteiger partial charge >= 0.3 is 0 Å². The molecule has 0 aliphatic heterocycles. The van der Waals surface area contributed by atoms with Crippen LogP contribution in [0.15, 0.2) is 48.5 Å². The number of benzene rings is 2. The van der Waals surface area contributed by atoms with Crippen LogP contribution in [0.25, 0.3) is 10.9 Å². The fourth-order valence-electron chi connectivity index (χ4n) is 3.31. The number of aromatic nitrogens is 2. The van der Waals surface area contributed by atoms with Crippen molar-refractivity contribution in [3.05, 3.63) is 65.4 Å². The van der Waals surface area contributed by atoms with Gasteiger partial charge in [-0.05, 0) is 30.0 Å². The van der Waals surface area contributed by atoms with E-state index < -0.39 is 6.04 Å². The van der Waals surface area contributed by atoms with Crippen LogP contribution in [-0.2, 0) is 11.2 Å². The SMILES string of the molecule is CC(C)c1ccccc1C(C)NC(=O)C(N)Cc1[nH]nc2ccccc12. The lowest BCUT2D eigenvalue weighted by molar-refractivity contribution is -0.123. The van der Waals surface area contributed by atoms with Crippen LogP contribution in [-0.4, -0.2) is 22.1 Å². The molecule has 2 atom stereocenters. The Balaban J connectivity index is 1.69. The number of amides is 1. The average molecular weight is 350 g/mol. The fourth-order valence-corrected chi connectivity index (χ4v) is 3.31. The van der Waals surface area contributed by atoms with Crippen molar-refractivity contribution in [2.24, 2.45) is 5.73 Å². The van der Waals surface area contributed by atoms with Gasteiger partial charge in [-0.25, -0.2) is 0 Å². The molecule has 26 heavy (non-hydrogen) atoms. The van der Waals surface area contributed by atoms with Crippen molar-refractivity contribution in [3.63, 3.8) is 0 Å². The number of rotatable bonds is 6. The lowest BCUT2D eigenvalue weighted by Gasteiger charge is -2.21. The Morgan fingerprint density at radius 1 is 1.08 bits per heavy atom. The van der Waals surface area contributed by atoms with Crippen molar-refractivity contribution in [2.75, 3.05) is 0 Å². The number of fused-ring (bicyclic) bond motifs is 1. The van der Waals surface area contributed by atoms with Crippen molar-refractivity contribution >= 4 is 16.8 Å². The Kier molecular flexibility index (Phi) is 5.38. The second-order valence-corrected chi connectivity index (χ2v) is 7.04. The number of aromatic amines is 1. The van der Waals surface area contributed by atoms with Crippen molar-refractivity contribution in [2.45, 2.75) is 45.2 Å². The molecule has 0 aliphatic carbocycles. The number of nitrogens with zero attached hydrogens (tertiary/aromatic N) is 1. The molecule has 0 radical (unpaired) electrons. The normalized spacial score (nSPS) is 13.7. The highest BCUT2D eigenvalue weighted by atomic mass is 16.2. The molecule has 1 heterocycles. The molecule has 3 aromatic rings. The Bertz CT molecular complexity index is 900. The topological polar surface area (TPSA) is 83.8 Å². The van der Waals surface area contributed by atoms with Gasteiger partial charge in [0.05, 0.1) is 17.6 Å². The predicted molar refractivity (Wildman–Crippen MR) is 105 cm³/mol. The number of hydrogen-bond acceptors (Lipinski definition) is 3. The molecule has 5 nitrogen and oxygen atoms in total. The lowest BCUT2D eigenvalue weighted by atomic mass is 9.93. The number of nitrogens with two attached hydrogens (primary N) is 1. The Morgan fingerprint density at radius 2 is 1.73 bits per heavy atom. The van der Waals surface area contributed by atoms with Gasteiger partial charge in [-0.3, -0.25) is 9.89 Å². The van der Waals surface area contributed by atoms with Gasteiger partial charge < -0.3 is 11.1 Å². The third-order valence-corrected chi connectivity index (χ3v) is 4.74. The van der Waals surface area contributed by atoms with E-state index in [1.54, 1.807) is 0 Å². The first-order valence-electron chi connectivity index (χ1n) is 9.04. The summed E-state index contributed by atoms with van der Waals surface area (Å²) in [7, 11) is 0. The smallest absolute Gasteiger partial charge is 0.237 e. The summed E-state index contributed by atoms with van der Waals surface area (Å²) in [5, 5.41) is 11.3. The van der Waals surface area contributed by atoms with Gasteiger partial charge in [0.25, 0.3) is 0 Å². The maximum absolute atomic E-state index is 12.6. The first-order valence-corrected chi connectivity index (χ1v) is 9.04. The molecule has 0 saturated heterocycles. The number of hydrogen-bond donors (Lipinski definition) is 3. The highest BCUT2D eigenvalue weighted by Gasteiger charge is 2.20. The molecule has 5 heteroatoms. The first kappa shape index (κ1) is 18.1. The van der Waals surface area contributed by atoms with E-state index in [0.29, 0.717) is 12.3 Å². The fraction of sp³-hybridized carbons (Fsp3) is 0.333. The molecule has 0 fully saturated rings. The van der Waals surface area contributed by atoms with E-state index in [1.165, 1.54) is 5.56 Å². The van der Waals surface area contributed by atoms with Crippen LogP contribution >= 0.6 is 0 Å². The first-order chi connectivity index (χ1) is 12.5. The summed E-state index contributed by atoms with van der Waals surface area (Å²) in [5.41, 5.74) is 10.3. The molecule has 4 N–H and O–H groups in total. The summed E-state index contributed by atoms with van der Waals surface area (Å²) in [5.74, 6) is 0.241. The minimum atomic E-state index is -0.632. The maximum Gasteiger partial charge on any atom is 0.237 e. The van der Waals surface area contributed by atoms with E-state index >= 15 is 0 Å². The molecule has 136 valence electrons. The molecule has 0 saturated carbocycles. The molecule has 1 aromatic heterocycles. The number of carbonyl (C=O) groups is 1. The molecular weight excluding hydrogens is 324 g/mol. The van der Waals surface area contributed by atoms with Gasteiger partial charge in [0.1, 0.15) is 0 Å². The molecule has 2 aromatic carbocycles. The Labute approximate surface area is 154 Å². The zero-order valence-corrected chi connectivity index (χ0v) is 15.5. The van der Waals surface area contributed by atoms with Crippen LogP contribution in [0.3, 0.4) is 0 Å². The molecule has 0 spiro atoms. The largest absolute Gasteiger partial charge is 0.348 e. The van der Waals surface area contributed by atoms with Gasteiger partial charge in [-0.2, -0.15) is 5.10 Å². The minimum absolute atomic E-state index is 0.0920. The summed E-state index contributed by atoms with van der Waals surface area (Å²) in [6.07, 6.45) is 0.422. The van der Waals surface area contributed by atoms with Gasteiger partial charge in [0, 0.05) is 17.5 Å². The molecule has 0 bridgehead atoms. The second kappa shape index (κ2) is 7.70. The number of para-hydroxylation sites is 1. The third kappa shape index (κ3) is 3.78. The van der Waals surface area contributed by atoms with Crippen LogP contribution < -0.4 is 11.1 Å². The van der Waals surface area contributed by atoms with Crippen LogP contribution in [0, 0.1) is 0 Å². The quantitative estimate of drug-likeness (QED) is 0.637. The summed E-state index contributed by atoms with van der Waals surface area (Å²) in [6.45, 7) is 6.31. The summed E-state index contributed by atoms with van der Waals surface area (Å²) in [4.78, 5) is 12.6. The highest BCUT2D eigenvalue weighted by Crippen LogP contribution is 2.24. The van der Waals surface area contributed by atoms with Crippen molar-refractivity contribution in [1.82, 2.24) is 15.5 Å². The highest BCUT2D eigenvalue weighted by molar-refractivity contribution is 5.85. The molecule has 2 unspecified atom stereocenters. The van der Waals surface area contributed by atoms with Crippen LogP contribution in [0.5, 0.6) is 0 Å². The van der Waals surface area contributed by atoms with Gasteiger partial charge in [0.2, 0.25) is 5.91 Å². The number of carbonyl (C=O) groups excluding carboxylic acids is 1.